The van der Waals surface area contributed by atoms with Crippen LogP contribution in [0.1, 0.15) is 18.4 Å². The van der Waals surface area contributed by atoms with Crippen LogP contribution in [-0.4, -0.2) is 30.8 Å². The number of carbonyl (C=O) groups is 1. The highest BCUT2D eigenvalue weighted by molar-refractivity contribution is 5.92. The summed E-state index contributed by atoms with van der Waals surface area (Å²) in [7, 11) is 1.76. The minimum atomic E-state index is -0.0687. The van der Waals surface area contributed by atoms with Crippen molar-refractivity contribution in [3.63, 3.8) is 0 Å². The molecule has 2 amide bonds. The van der Waals surface area contributed by atoms with Gasteiger partial charge in [0.25, 0.3) is 0 Å². The van der Waals surface area contributed by atoms with Gasteiger partial charge in [-0.3, -0.25) is 4.90 Å². The quantitative estimate of drug-likeness (QED) is 0.853. The molecule has 0 saturated heterocycles. The van der Waals surface area contributed by atoms with Crippen molar-refractivity contribution < 1.29 is 9.90 Å². The number of carbonyl (C=O) groups excluding carboxylic acids is 1. The lowest BCUT2D eigenvalue weighted by atomic mass is 10.2. The Bertz CT molecular complexity index is 453. The molecule has 0 unspecified atom stereocenters. The van der Waals surface area contributed by atoms with Crippen molar-refractivity contribution in [3.05, 3.63) is 35.9 Å². The van der Waals surface area contributed by atoms with Gasteiger partial charge in [-0.25, -0.2) is 4.79 Å². The molecule has 2 N–H and O–H groups in total. The van der Waals surface area contributed by atoms with Gasteiger partial charge < -0.3 is 10.4 Å². The zero-order valence-electron chi connectivity index (χ0n) is 10.5. The Morgan fingerprint density at radius 2 is 2.33 bits per heavy atom. The predicted molar refractivity (Wildman–Crippen MR) is 72.5 cm³/mol. The van der Waals surface area contributed by atoms with Crippen LogP contribution in [-0.2, 0) is 0 Å². The molecule has 0 radical (unpaired) electrons. The van der Waals surface area contributed by atoms with E-state index in [4.69, 9.17) is 5.11 Å². The number of benzene rings is 1. The second kappa shape index (κ2) is 5.69. The summed E-state index contributed by atoms with van der Waals surface area (Å²) in [5.41, 5.74) is 1.81. The third kappa shape index (κ3) is 3.34. The largest absolute Gasteiger partial charge is 0.392 e. The summed E-state index contributed by atoms with van der Waals surface area (Å²) in [5, 5.41) is 11.7. The van der Waals surface area contributed by atoms with E-state index in [0.717, 1.165) is 24.1 Å². The first-order chi connectivity index (χ1) is 8.70. The summed E-state index contributed by atoms with van der Waals surface area (Å²) < 4.78 is 0. The van der Waals surface area contributed by atoms with E-state index in [1.54, 1.807) is 18.0 Å². The van der Waals surface area contributed by atoms with Crippen LogP contribution in [0.4, 0.5) is 10.5 Å². The predicted octanol–water partition coefficient (Wildman–Crippen LogP) is 2.00. The molecule has 0 spiro atoms. The van der Waals surface area contributed by atoms with Crippen molar-refractivity contribution in [2.45, 2.75) is 18.9 Å². The van der Waals surface area contributed by atoms with E-state index in [0.29, 0.717) is 6.04 Å². The van der Waals surface area contributed by atoms with Gasteiger partial charge in [0, 0.05) is 18.8 Å². The number of hydrogen-bond acceptors (Lipinski definition) is 2. The molecule has 1 aliphatic carbocycles. The first kappa shape index (κ1) is 12.6. The fraction of sp³-hybridized carbons (Fsp3) is 0.357. The van der Waals surface area contributed by atoms with Crippen molar-refractivity contribution in [2.75, 3.05) is 18.6 Å². The normalized spacial score (nSPS) is 14.8. The highest BCUT2D eigenvalue weighted by atomic mass is 16.2. The van der Waals surface area contributed by atoms with Crippen molar-refractivity contribution in [1.29, 1.82) is 0 Å². The van der Waals surface area contributed by atoms with Gasteiger partial charge in [-0.2, -0.15) is 0 Å². The van der Waals surface area contributed by atoms with Crippen LogP contribution in [0.15, 0.2) is 30.3 Å². The molecular weight excluding hydrogens is 228 g/mol. The number of aliphatic hydroxyl groups is 1. The van der Waals surface area contributed by atoms with Gasteiger partial charge in [0.15, 0.2) is 0 Å². The summed E-state index contributed by atoms with van der Waals surface area (Å²) in [6, 6.07) is 7.93. The second-order valence-corrected chi connectivity index (χ2v) is 4.46. The van der Waals surface area contributed by atoms with Gasteiger partial charge in [-0.1, -0.05) is 24.3 Å². The zero-order valence-corrected chi connectivity index (χ0v) is 10.5. The number of nitrogens with one attached hydrogen (secondary N) is 1. The van der Waals surface area contributed by atoms with Gasteiger partial charge in [0.2, 0.25) is 0 Å². The molecule has 1 aliphatic rings. The van der Waals surface area contributed by atoms with Crippen LogP contribution in [0.5, 0.6) is 0 Å². The first-order valence-electron chi connectivity index (χ1n) is 6.12. The second-order valence-electron chi connectivity index (χ2n) is 4.46. The molecule has 1 fully saturated rings. The number of urea groups is 1. The van der Waals surface area contributed by atoms with Gasteiger partial charge >= 0.3 is 6.03 Å². The average molecular weight is 246 g/mol. The third-order valence-electron chi connectivity index (χ3n) is 2.88. The Labute approximate surface area is 107 Å². The van der Waals surface area contributed by atoms with Gasteiger partial charge in [-0.05, 0) is 30.5 Å². The van der Waals surface area contributed by atoms with Crippen molar-refractivity contribution >= 4 is 17.8 Å². The zero-order chi connectivity index (χ0) is 13.0. The van der Waals surface area contributed by atoms with E-state index in [9.17, 15) is 4.79 Å². The molecule has 2 rings (SSSR count). The smallest absolute Gasteiger partial charge is 0.321 e. The maximum atomic E-state index is 11.9. The minimum absolute atomic E-state index is 0.0161. The molecule has 0 aliphatic heterocycles. The van der Waals surface area contributed by atoms with Gasteiger partial charge in [0.1, 0.15) is 0 Å². The monoisotopic (exact) mass is 246 g/mol. The highest BCUT2D eigenvalue weighted by Gasteiger charge is 2.25. The Morgan fingerprint density at radius 1 is 1.56 bits per heavy atom. The number of hydrogen-bond donors (Lipinski definition) is 2. The summed E-state index contributed by atoms with van der Waals surface area (Å²) in [6.07, 6.45) is 5.66. The fourth-order valence-corrected chi connectivity index (χ4v) is 1.64. The van der Waals surface area contributed by atoms with E-state index in [1.165, 1.54) is 0 Å². The highest BCUT2D eigenvalue weighted by Crippen LogP contribution is 2.20. The van der Waals surface area contributed by atoms with E-state index >= 15 is 0 Å². The van der Waals surface area contributed by atoms with Crippen molar-refractivity contribution in [1.82, 2.24) is 5.32 Å². The minimum Gasteiger partial charge on any atom is -0.392 e. The molecular formula is C14H18N2O2. The summed E-state index contributed by atoms with van der Waals surface area (Å²) >= 11 is 0. The van der Waals surface area contributed by atoms with E-state index in [-0.39, 0.29) is 12.6 Å². The molecule has 18 heavy (non-hydrogen) atoms. The lowest BCUT2D eigenvalue weighted by Gasteiger charge is -2.18. The standard InChI is InChI=1S/C14H18N2O2/c1-16(14(18)15-12-7-8-12)13-6-2-4-11(10-13)5-3-9-17/h2-6,10,12,17H,7-9H2,1H3,(H,15,18). The van der Waals surface area contributed by atoms with E-state index in [2.05, 4.69) is 5.32 Å². The SMILES string of the molecule is CN(C(=O)NC1CC1)c1cccc(C=CCO)c1. The Kier molecular flexibility index (Phi) is 3.99. The maximum Gasteiger partial charge on any atom is 0.321 e. The fourth-order valence-electron chi connectivity index (χ4n) is 1.64. The van der Waals surface area contributed by atoms with Gasteiger partial charge in [0.05, 0.1) is 6.61 Å². The molecule has 96 valence electrons. The van der Waals surface area contributed by atoms with Crippen LogP contribution in [0, 0.1) is 0 Å². The summed E-state index contributed by atoms with van der Waals surface area (Å²) in [4.78, 5) is 13.5. The topological polar surface area (TPSA) is 52.6 Å². The lowest BCUT2D eigenvalue weighted by Crippen LogP contribution is -2.38. The van der Waals surface area contributed by atoms with Crippen LogP contribution < -0.4 is 10.2 Å². The summed E-state index contributed by atoms with van der Waals surface area (Å²) in [6.45, 7) is 0.0161. The van der Waals surface area contributed by atoms with Crippen molar-refractivity contribution in [2.24, 2.45) is 0 Å². The summed E-state index contributed by atoms with van der Waals surface area (Å²) in [5.74, 6) is 0. The Hall–Kier alpha value is -1.81. The molecule has 1 aromatic rings. The molecule has 1 saturated carbocycles. The molecule has 0 heterocycles. The molecule has 1 aromatic carbocycles. The van der Waals surface area contributed by atoms with Gasteiger partial charge in [-0.15, -0.1) is 0 Å². The number of aliphatic hydroxyl groups excluding tert-OH is 1. The molecule has 0 bridgehead atoms. The third-order valence-corrected chi connectivity index (χ3v) is 2.88. The van der Waals surface area contributed by atoms with Crippen molar-refractivity contribution in [3.8, 4) is 0 Å². The van der Waals surface area contributed by atoms with Crippen LogP contribution >= 0.6 is 0 Å². The lowest BCUT2D eigenvalue weighted by molar-refractivity contribution is 0.247. The molecule has 4 nitrogen and oxygen atoms in total. The van der Waals surface area contributed by atoms with E-state index < -0.39 is 0 Å². The van der Waals surface area contributed by atoms with Crippen LogP contribution in [0.25, 0.3) is 6.08 Å². The molecule has 4 heteroatoms. The molecule has 0 atom stereocenters. The van der Waals surface area contributed by atoms with Crippen LogP contribution in [0.2, 0.25) is 0 Å². The Balaban J connectivity index is 2.06. The first-order valence-corrected chi connectivity index (χ1v) is 6.12. The number of nitrogens with zero attached hydrogens (tertiary/aromatic N) is 1. The molecule has 0 aromatic heterocycles. The maximum absolute atomic E-state index is 11.9. The Morgan fingerprint density at radius 3 is 3.00 bits per heavy atom. The number of anilines is 1. The average Bonchev–Trinajstić information content (AvgIpc) is 3.19. The van der Waals surface area contributed by atoms with E-state index in [1.807, 2.05) is 30.3 Å². The number of rotatable bonds is 4. The van der Waals surface area contributed by atoms with Crippen LogP contribution in [0.3, 0.4) is 0 Å². The number of amides is 2.